The van der Waals surface area contributed by atoms with Crippen molar-refractivity contribution < 1.29 is 0 Å². The van der Waals surface area contributed by atoms with E-state index in [2.05, 4.69) is 180 Å². The van der Waals surface area contributed by atoms with Crippen molar-refractivity contribution in [2.45, 2.75) is 0 Å². The van der Waals surface area contributed by atoms with Crippen molar-refractivity contribution in [3.63, 3.8) is 0 Å². The van der Waals surface area contributed by atoms with Crippen molar-refractivity contribution in [1.82, 2.24) is 4.57 Å². The minimum Gasteiger partial charge on any atom is -0.309 e. The van der Waals surface area contributed by atoms with Crippen LogP contribution >= 0.6 is 0 Å². The molecule has 236 valence electrons. The lowest BCUT2D eigenvalue weighted by Gasteiger charge is -2.18. The SMILES string of the molecule is N#Cc1cc(-c2cccc(-c3c4ccccc4c(-c4ccc5ccccc5c4)c4ccccc34)c2)cc(-n2c3ccccc3c3ccccc32)c1. The van der Waals surface area contributed by atoms with Crippen LogP contribution in [0.2, 0.25) is 0 Å². The highest BCUT2D eigenvalue weighted by atomic mass is 15.0. The van der Waals surface area contributed by atoms with E-state index in [0.717, 1.165) is 33.4 Å². The van der Waals surface area contributed by atoms with Crippen LogP contribution in [0.25, 0.3) is 93.2 Å². The molecule has 0 spiro atoms. The maximum Gasteiger partial charge on any atom is 0.0992 e. The zero-order valence-corrected chi connectivity index (χ0v) is 27.7. The van der Waals surface area contributed by atoms with Gasteiger partial charge in [-0.25, -0.2) is 0 Å². The summed E-state index contributed by atoms with van der Waals surface area (Å²) in [6.45, 7) is 0. The largest absolute Gasteiger partial charge is 0.309 e. The van der Waals surface area contributed by atoms with Gasteiger partial charge in [0, 0.05) is 16.5 Å². The zero-order chi connectivity index (χ0) is 33.9. The van der Waals surface area contributed by atoms with Gasteiger partial charge < -0.3 is 4.57 Å². The van der Waals surface area contributed by atoms with E-state index in [1.807, 2.05) is 12.1 Å². The van der Waals surface area contributed by atoms with E-state index >= 15 is 0 Å². The molecule has 9 aromatic carbocycles. The molecule has 51 heavy (non-hydrogen) atoms. The lowest BCUT2D eigenvalue weighted by molar-refractivity contribution is 1.18. The fourth-order valence-corrected chi connectivity index (χ4v) is 8.12. The van der Waals surface area contributed by atoms with Crippen LogP contribution in [0.5, 0.6) is 0 Å². The standard InChI is InChI=1S/C49H30N2/c50-31-32-26-38(30-39(27-32)51-46-22-9-7-16-40(46)41-17-8-10-23-47(41)51)35-14-11-15-36(29-35)48-42-18-3-5-20-44(42)49(45-21-6-4-19-43(45)48)37-25-24-33-12-1-2-13-34(33)28-37/h1-30H. The number of benzene rings is 9. The summed E-state index contributed by atoms with van der Waals surface area (Å²) in [5.74, 6) is 0. The molecule has 10 rings (SSSR count). The van der Waals surface area contributed by atoms with Crippen LogP contribution in [-0.2, 0) is 0 Å². The van der Waals surface area contributed by atoms with Crippen molar-refractivity contribution in [1.29, 1.82) is 5.26 Å². The van der Waals surface area contributed by atoms with Crippen LogP contribution in [0, 0.1) is 11.3 Å². The molecule has 0 N–H and O–H groups in total. The van der Waals surface area contributed by atoms with Crippen LogP contribution in [0.15, 0.2) is 182 Å². The van der Waals surface area contributed by atoms with Gasteiger partial charge in [-0.1, -0.05) is 140 Å². The van der Waals surface area contributed by atoms with Crippen LogP contribution in [-0.4, -0.2) is 4.57 Å². The van der Waals surface area contributed by atoms with Gasteiger partial charge in [-0.3, -0.25) is 0 Å². The Morgan fingerprint density at radius 1 is 0.353 bits per heavy atom. The highest BCUT2D eigenvalue weighted by Gasteiger charge is 2.18. The Bertz CT molecular complexity index is 2940. The first-order chi connectivity index (χ1) is 25.2. The first kappa shape index (κ1) is 29.0. The van der Waals surface area contributed by atoms with E-state index in [1.54, 1.807) is 0 Å². The third kappa shape index (κ3) is 4.64. The van der Waals surface area contributed by atoms with Crippen molar-refractivity contribution in [2.75, 3.05) is 0 Å². The van der Waals surface area contributed by atoms with Crippen LogP contribution in [0.3, 0.4) is 0 Å². The maximum atomic E-state index is 10.2. The normalized spacial score (nSPS) is 11.5. The highest BCUT2D eigenvalue weighted by Crippen LogP contribution is 2.45. The molecular formula is C49H30N2. The monoisotopic (exact) mass is 646 g/mol. The van der Waals surface area contributed by atoms with Crippen molar-refractivity contribution in [3.8, 4) is 45.1 Å². The summed E-state index contributed by atoms with van der Waals surface area (Å²) in [7, 11) is 0. The van der Waals surface area contributed by atoms with E-state index in [0.29, 0.717) is 5.56 Å². The predicted molar refractivity (Wildman–Crippen MR) is 214 cm³/mol. The summed E-state index contributed by atoms with van der Waals surface area (Å²) >= 11 is 0. The number of hydrogen-bond acceptors (Lipinski definition) is 1. The molecule has 1 heterocycles. The molecule has 1 aromatic heterocycles. The van der Waals surface area contributed by atoms with Gasteiger partial charge in [-0.05, 0) is 108 Å². The van der Waals surface area contributed by atoms with Gasteiger partial charge in [0.1, 0.15) is 0 Å². The molecule has 2 heteroatoms. The van der Waals surface area contributed by atoms with E-state index < -0.39 is 0 Å². The van der Waals surface area contributed by atoms with E-state index in [4.69, 9.17) is 0 Å². The summed E-state index contributed by atoms with van der Waals surface area (Å²) in [6, 6.07) is 67.5. The molecule has 2 nitrogen and oxygen atoms in total. The van der Waals surface area contributed by atoms with E-state index in [9.17, 15) is 5.26 Å². The van der Waals surface area contributed by atoms with E-state index in [-0.39, 0.29) is 0 Å². The summed E-state index contributed by atoms with van der Waals surface area (Å²) < 4.78 is 2.28. The molecule has 10 aromatic rings. The summed E-state index contributed by atoms with van der Waals surface area (Å²) in [4.78, 5) is 0. The Hall–Kier alpha value is -6.95. The predicted octanol–water partition coefficient (Wildman–Crippen LogP) is 13.1. The Morgan fingerprint density at radius 3 is 1.47 bits per heavy atom. The molecule has 0 aliphatic rings. The van der Waals surface area contributed by atoms with Crippen LogP contribution < -0.4 is 0 Å². The smallest absolute Gasteiger partial charge is 0.0992 e. The molecule has 0 fully saturated rings. The second kappa shape index (κ2) is 11.6. The minimum atomic E-state index is 0.630. The molecule has 0 aliphatic heterocycles. The Kier molecular flexibility index (Phi) is 6.59. The molecule has 0 amide bonds. The number of nitrogens with zero attached hydrogens (tertiary/aromatic N) is 2. The number of rotatable bonds is 4. The van der Waals surface area contributed by atoms with E-state index in [1.165, 1.54) is 59.8 Å². The highest BCUT2D eigenvalue weighted by molar-refractivity contribution is 6.22. The fraction of sp³-hybridized carbons (Fsp3) is 0. The molecule has 0 saturated carbocycles. The summed E-state index contributed by atoms with van der Waals surface area (Å²) in [5.41, 5.74) is 10.8. The van der Waals surface area contributed by atoms with Gasteiger partial charge in [-0.15, -0.1) is 0 Å². The molecule has 0 saturated heterocycles. The maximum absolute atomic E-state index is 10.2. The molecule has 0 atom stereocenters. The van der Waals surface area contributed by atoms with Crippen molar-refractivity contribution >= 4 is 54.1 Å². The Morgan fingerprint density at radius 2 is 0.863 bits per heavy atom. The van der Waals surface area contributed by atoms with Crippen LogP contribution in [0.1, 0.15) is 5.56 Å². The number of aromatic nitrogens is 1. The minimum absolute atomic E-state index is 0.630. The Labute approximate surface area is 295 Å². The average molecular weight is 647 g/mol. The lowest BCUT2D eigenvalue weighted by Crippen LogP contribution is -1.96. The average Bonchev–Trinajstić information content (AvgIpc) is 3.54. The first-order valence-corrected chi connectivity index (χ1v) is 17.3. The number of para-hydroxylation sites is 2. The zero-order valence-electron chi connectivity index (χ0n) is 27.7. The van der Waals surface area contributed by atoms with Gasteiger partial charge in [-0.2, -0.15) is 5.26 Å². The van der Waals surface area contributed by atoms with Gasteiger partial charge in [0.25, 0.3) is 0 Å². The van der Waals surface area contributed by atoms with Crippen molar-refractivity contribution in [2.24, 2.45) is 0 Å². The molecular weight excluding hydrogens is 617 g/mol. The lowest BCUT2D eigenvalue weighted by atomic mass is 9.85. The van der Waals surface area contributed by atoms with Gasteiger partial charge >= 0.3 is 0 Å². The fourth-order valence-electron chi connectivity index (χ4n) is 8.12. The quantitative estimate of drug-likeness (QED) is 0.175. The number of nitriles is 1. The van der Waals surface area contributed by atoms with Gasteiger partial charge in [0.2, 0.25) is 0 Å². The second-order valence-electron chi connectivity index (χ2n) is 13.2. The van der Waals surface area contributed by atoms with Crippen LogP contribution in [0.4, 0.5) is 0 Å². The third-order valence-corrected chi connectivity index (χ3v) is 10.3. The first-order valence-electron chi connectivity index (χ1n) is 17.3. The topological polar surface area (TPSA) is 28.7 Å². The molecule has 0 aliphatic carbocycles. The molecule has 0 unspecified atom stereocenters. The second-order valence-corrected chi connectivity index (χ2v) is 13.2. The van der Waals surface area contributed by atoms with Crippen molar-refractivity contribution in [3.05, 3.63) is 188 Å². The number of hydrogen-bond donors (Lipinski definition) is 0. The van der Waals surface area contributed by atoms with Gasteiger partial charge in [0.05, 0.1) is 22.7 Å². The summed E-state index contributed by atoms with van der Waals surface area (Å²) in [5, 5.41) is 20.0. The third-order valence-electron chi connectivity index (χ3n) is 10.3. The Balaban J connectivity index is 1.19. The summed E-state index contributed by atoms with van der Waals surface area (Å²) in [6.07, 6.45) is 0. The van der Waals surface area contributed by atoms with Gasteiger partial charge in [0.15, 0.2) is 0 Å². The molecule has 0 radical (unpaired) electrons. The molecule has 0 bridgehead atoms. The number of fused-ring (bicyclic) bond motifs is 6.